The first kappa shape index (κ1) is 38.0. The van der Waals surface area contributed by atoms with Crippen molar-refractivity contribution in [1.29, 1.82) is 0 Å². The number of hydrogen-bond acceptors (Lipinski definition) is 9. The van der Waals surface area contributed by atoms with Gasteiger partial charge in [-0.15, -0.1) is 21.5 Å². The van der Waals surface area contributed by atoms with Gasteiger partial charge in [-0.25, -0.2) is 4.98 Å². The first-order valence-corrected chi connectivity index (χ1v) is 23.7. The van der Waals surface area contributed by atoms with E-state index < -0.39 is 0 Å². The van der Waals surface area contributed by atoms with Gasteiger partial charge in [0.1, 0.15) is 38.5 Å². The lowest BCUT2D eigenvalue weighted by Crippen LogP contribution is -2.15. The first-order chi connectivity index (χ1) is 34.2. The molecule has 10 aromatic carbocycles. The maximum absolute atomic E-state index is 6.50. The fraction of sp³-hybridized carbons (Fsp3) is 0. The quantitative estimate of drug-likeness (QED) is 0.153. The molecule has 69 heavy (non-hydrogen) atoms. The van der Waals surface area contributed by atoms with Gasteiger partial charge < -0.3 is 8.83 Å². The third-order valence-corrected chi connectivity index (χ3v) is 14.6. The van der Waals surface area contributed by atoms with Crippen molar-refractivity contribution >= 4 is 153 Å². The number of hydrogen-bond donors (Lipinski definition) is 0. The minimum Gasteiger partial charge on any atom is -0.456 e. The minimum atomic E-state index is 0.446. The van der Waals surface area contributed by atoms with Crippen LogP contribution in [0.2, 0.25) is 0 Å². The fourth-order valence-corrected chi connectivity index (χ4v) is 11.4. The second kappa shape index (κ2) is 14.7. The molecular weight excluding hydrogens is 869 g/mol. The van der Waals surface area contributed by atoms with Gasteiger partial charge in [0.2, 0.25) is 0 Å². The van der Waals surface area contributed by atoms with Crippen molar-refractivity contribution < 1.29 is 8.83 Å². The highest BCUT2D eigenvalue weighted by Crippen LogP contribution is 2.48. The molecule has 0 aliphatic rings. The standard InChI is InChI=1S/C60H34N6O2S/c1-5-17-41-35(13-1)29-36-14-2-6-18-42(36)57(41)65(39-25-27-47-45-21-9-11-23-50(45)67-52(47)31-39)55-33-54-49(34-61-55)56-59(69-54)62-60(64-63-56)66(40-26-28-48-46-22-10-12-24-51(46)68-53(48)32-40)58-43-19-7-3-15-37(43)30-38-16-4-8-20-44(38)58/h1-34H. The second-order valence-electron chi connectivity index (χ2n) is 17.5. The molecule has 322 valence electrons. The number of nitrogens with zero attached hydrogens (tertiary/aromatic N) is 6. The maximum Gasteiger partial charge on any atom is 0.255 e. The van der Waals surface area contributed by atoms with Gasteiger partial charge in [-0.05, 0) is 76.1 Å². The van der Waals surface area contributed by atoms with Gasteiger partial charge in [0, 0.05) is 71.5 Å². The van der Waals surface area contributed by atoms with Gasteiger partial charge >= 0.3 is 0 Å². The van der Waals surface area contributed by atoms with Crippen LogP contribution in [0.1, 0.15) is 0 Å². The van der Waals surface area contributed by atoms with Crippen molar-refractivity contribution in [2.24, 2.45) is 0 Å². The largest absolute Gasteiger partial charge is 0.456 e. The molecule has 0 fully saturated rings. The van der Waals surface area contributed by atoms with E-state index >= 15 is 0 Å². The van der Waals surface area contributed by atoms with Crippen molar-refractivity contribution in [1.82, 2.24) is 20.2 Å². The van der Waals surface area contributed by atoms with Crippen LogP contribution >= 0.6 is 11.3 Å². The van der Waals surface area contributed by atoms with E-state index in [1.807, 2.05) is 36.5 Å². The monoisotopic (exact) mass is 902 g/mol. The number of para-hydroxylation sites is 2. The smallest absolute Gasteiger partial charge is 0.255 e. The third-order valence-electron chi connectivity index (χ3n) is 13.6. The van der Waals surface area contributed by atoms with Gasteiger partial charge in [-0.2, -0.15) is 4.98 Å². The Morgan fingerprint density at radius 1 is 0.377 bits per heavy atom. The summed E-state index contributed by atoms with van der Waals surface area (Å²) in [6.07, 6.45) is 1.92. The van der Waals surface area contributed by atoms with E-state index in [9.17, 15) is 0 Å². The molecule has 0 bridgehead atoms. The lowest BCUT2D eigenvalue weighted by molar-refractivity contribution is 0.668. The van der Waals surface area contributed by atoms with E-state index in [0.29, 0.717) is 11.5 Å². The second-order valence-corrected chi connectivity index (χ2v) is 18.5. The number of furan rings is 2. The van der Waals surface area contributed by atoms with Crippen LogP contribution in [-0.4, -0.2) is 20.2 Å². The molecule has 15 rings (SSSR count). The van der Waals surface area contributed by atoms with E-state index in [2.05, 4.69) is 180 Å². The number of fused-ring (bicyclic) bond motifs is 13. The zero-order valence-corrected chi connectivity index (χ0v) is 37.4. The summed E-state index contributed by atoms with van der Waals surface area (Å²) in [4.78, 5) is 15.8. The average molecular weight is 903 g/mol. The van der Waals surface area contributed by atoms with Crippen LogP contribution in [0.25, 0.3) is 107 Å². The van der Waals surface area contributed by atoms with E-state index in [0.717, 1.165) is 130 Å². The Labute approximate surface area is 396 Å². The summed E-state index contributed by atoms with van der Waals surface area (Å²) in [5.74, 6) is 1.20. The third kappa shape index (κ3) is 5.81. The van der Waals surface area contributed by atoms with Crippen LogP contribution in [0.15, 0.2) is 215 Å². The van der Waals surface area contributed by atoms with E-state index in [1.165, 1.54) is 0 Å². The SMILES string of the molecule is c1ccc2c(N(c3ccc4c(c3)oc3ccccc34)c3cc4sc5nc(N(c6ccc7c(c6)oc6ccccc67)c6c7ccccc7cc7ccccc67)nnc5c4cn3)c3ccccc3cc2c1. The summed E-state index contributed by atoms with van der Waals surface area (Å²) >= 11 is 1.59. The van der Waals surface area contributed by atoms with Gasteiger partial charge in [-0.3, -0.25) is 9.80 Å². The highest BCUT2D eigenvalue weighted by atomic mass is 32.1. The topological polar surface area (TPSA) is 84.3 Å². The summed E-state index contributed by atoms with van der Waals surface area (Å²) in [6, 6.07) is 69.9. The van der Waals surface area contributed by atoms with Crippen LogP contribution < -0.4 is 9.80 Å². The number of rotatable bonds is 6. The Bertz CT molecular complexity index is 4210. The average Bonchev–Trinajstić information content (AvgIpc) is 4.09. The molecule has 0 saturated carbocycles. The zero-order valence-electron chi connectivity index (χ0n) is 36.5. The van der Waals surface area contributed by atoms with Crippen LogP contribution in [0.5, 0.6) is 0 Å². The van der Waals surface area contributed by atoms with E-state index in [4.69, 9.17) is 29.0 Å². The molecule has 0 atom stereocenters. The van der Waals surface area contributed by atoms with E-state index in [1.54, 1.807) is 11.3 Å². The number of pyridine rings is 1. The van der Waals surface area contributed by atoms with Gasteiger partial charge in [0.15, 0.2) is 0 Å². The molecule has 0 N–H and O–H groups in total. The fourth-order valence-electron chi connectivity index (χ4n) is 10.4. The van der Waals surface area contributed by atoms with Crippen LogP contribution in [0.4, 0.5) is 34.5 Å². The van der Waals surface area contributed by atoms with Crippen molar-refractivity contribution in [2.75, 3.05) is 9.80 Å². The lowest BCUT2D eigenvalue weighted by atomic mass is 9.99. The summed E-state index contributed by atoms with van der Waals surface area (Å²) in [5.41, 5.74) is 7.75. The molecule has 0 unspecified atom stereocenters. The number of anilines is 6. The molecule has 0 amide bonds. The normalized spacial score (nSPS) is 12.1. The van der Waals surface area contributed by atoms with Crippen LogP contribution in [0.3, 0.4) is 0 Å². The zero-order chi connectivity index (χ0) is 45.2. The molecule has 0 saturated heterocycles. The van der Waals surface area contributed by atoms with Crippen LogP contribution in [0, 0.1) is 0 Å². The molecule has 5 aromatic heterocycles. The minimum absolute atomic E-state index is 0.446. The Morgan fingerprint density at radius 3 is 1.36 bits per heavy atom. The Hall–Kier alpha value is -9.18. The summed E-state index contributed by atoms with van der Waals surface area (Å²) in [5, 5.41) is 24.0. The number of aromatic nitrogens is 4. The Morgan fingerprint density at radius 2 is 0.826 bits per heavy atom. The van der Waals surface area contributed by atoms with Gasteiger partial charge in [0.25, 0.3) is 5.95 Å². The van der Waals surface area contributed by atoms with Crippen molar-refractivity contribution in [3.63, 3.8) is 0 Å². The molecule has 8 nitrogen and oxygen atoms in total. The Balaban J connectivity index is 0.949. The van der Waals surface area contributed by atoms with Crippen molar-refractivity contribution in [3.8, 4) is 0 Å². The van der Waals surface area contributed by atoms with Gasteiger partial charge in [-0.1, -0.05) is 133 Å². The molecule has 15 aromatic rings. The molecule has 0 aliphatic carbocycles. The molecule has 5 heterocycles. The highest BCUT2D eigenvalue weighted by Gasteiger charge is 2.26. The number of benzene rings is 10. The van der Waals surface area contributed by atoms with Crippen LogP contribution in [-0.2, 0) is 0 Å². The predicted molar refractivity (Wildman–Crippen MR) is 284 cm³/mol. The highest BCUT2D eigenvalue weighted by molar-refractivity contribution is 7.25. The molecule has 0 aliphatic heterocycles. The molecule has 0 radical (unpaired) electrons. The molecular formula is C60H34N6O2S. The van der Waals surface area contributed by atoms with Crippen molar-refractivity contribution in [3.05, 3.63) is 206 Å². The lowest BCUT2D eigenvalue weighted by Gasteiger charge is -2.27. The maximum atomic E-state index is 6.50. The molecule has 0 spiro atoms. The Kier molecular flexibility index (Phi) is 8.07. The predicted octanol–water partition coefficient (Wildman–Crippen LogP) is 17.0. The molecule has 9 heteroatoms. The summed E-state index contributed by atoms with van der Waals surface area (Å²) < 4.78 is 14.0. The van der Waals surface area contributed by atoms with Crippen molar-refractivity contribution in [2.45, 2.75) is 0 Å². The number of thiophene rings is 1. The first-order valence-electron chi connectivity index (χ1n) is 22.9. The van der Waals surface area contributed by atoms with Gasteiger partial charge in [0.05, 0.1) is 22.7 Å². The summed E-state index contributed by atoms with van der Waals surface area (Å²) in [7, 11) is 0. The van der Waals surface area contributed by atoms with E-state index in [-0.39, 0.29) is 0 Å². The summed E-state index contributed by atoms with van der Waals surface area (Å²) in [6.45, 7) is 0.